The highest BCUT2D eigenvalue weighted by Crippen LogP contribution is 2.30. The highest BCUT2D eigenvalue weighted by molar-refractivity contribution is 5.90. The second kappa shape index (κ2) is 4.36. The number of hydrogen-bond acceptors (Lipinski definition) is 4. The second-order valence-corrected chi connectivity index (χ2v) is 4.39. The van der Waals surface area contributed by atoms with Crippen LogP contribution in [0.5, 0.6) is 0 Å². The molecule has 1 amide bonds. The van der Waals surface area contributed by atoms with Crippen molar-refractivity contribution in [3.8, 4) is 0 Å². The van der Waals surface area contributed by atoms with E-state index in [4.69, 9.17) is 5.11 Å². The van der Waals surface area contributed by atoms with Crippen molar-refractivity contribution in [1.29, 1.82) is 0 Å². The Hall–Kier alpha value is -2.18. The van der Waals surface area contributed by atoms with Crippen LogP contribution in [0.15, 0.2) is 18.3 Å². The minimum atomic E-state index is -1.26. The van der Waals surface area contributed by atoms with Gasteiger partial charge in [-0.05, 0) is 42.8 Å². The largest absolute Gasteiger partial charge is 0.465 e. The summed E-state index contributed by atoms with van der Waals surface area (Å²) in [7, 11) is 0. The van der Waals surface area contributed by atoms with E-state index in [0.29, 0.717) is 0 Å². The predicted molar refractivity (Wildman–Crippen MR) is 61.1 cm³/mol. The standard InChI is InChI=1S/C10H13N3O4/c1-10(2,3)12(9(14)15)7-5-4-6-11-8(7)13(16)17/h4-6H,1-3H3,(H,14,15). The van der Waals surface area contributed by atoms with Gasteiger partial charge in [-0.2, -0.15) is 0 Å². The van der Waals surface area contributed by atoms with Gasteiger partial charge in [0.25, 0.3) is 0 Å². The molecule has 0 aliphatic heterocycles. The molecule has 0 aliphatic carbocycles. The number of pyridine rings is 1. The Bertz CT molecular complexity index is 453. The lowest BCUT2D eigenvalue weighted by Crippen LogP contribution is -2.45. The maximum atomic E-state index is 11.2. The zero-order valence-electron chi connectivity index (χ0n) is 9.75. The van der Waals surface area contributed by atoms with Crippen LogP contribution in [0, 0.1) is 10.1 Å². The highest BCUT2D eigenvalue weighted by Gasteiger charge is 2.33. The molecular formula is C10H13N3O4. The molecule has 1 aromatic heterocycles. The molecule has 1 N–H and O–H groups in total. The molecule has 0 unspecified atom stereocenters. The molecule has 92 valence electrons. The minimum absolute atomic E-state index is 0.0301. The lowest BCUT2D eigenvalue weighted by atomic mass is 10.1. The topological polar surface area (TPSA) is 96.6 Å². The first kappa shape index (κ1) is 12.9. The normalized spacial score (nSPS) is 11.0. The quantitative estimate of drug-likeness (QED) is 0.630. The predicted octanol–water partition coefficient (Wildman–Crippen LogP) is 2.27. The summed E-state index contributed by atoms with van der Waals surface area (Å²) in [5.74, 6) is -0.468. The van der Waals surface area contributed by atoms with E-state index >= 15 is 0 Å². The zero-order valence-corrected chi connectivity index (χ0v) is 9.75. The van der Waals surface area contributed by atoms with Crippen LogP contribution in [-0.2, 0) is 0 Å². The number of anilines is 1. The summed E-state index contributed by atoms with van der Waals surface area (Å²) in [5, 5.41) is 19.9. The van der Waals surface area contributed by atoms with E-state index in [1.165, 1.54) is 18.3 Å². The summed E-state index contributed by atoms with van der Waals surface area (Å²) in [6.45, 7) is 4.95. The summed E-state index contributed by atoms with van der Waals surface area (Å²) >= 11 is 0. The lowest BCUT2D eigenvalue weighted by molar-refractivity contribution is -0.388. The number of nitrogens with zero attached hydrogens (tertiary/aromatic N) is 3. The number of carboxylic acid groups (broad SMARTS) is 1. The van der Waals surface area contributed by atoms with Gasteiger partial charge in [-0.3, -0.25) is 4.90 Å². The molecule has 0 spiro atoms. The van der Waals surface area contributed by atoms with Crippen LogP contribution in [0.1, 0.15) is 20.8 Å². The van der Waals surface area contributed by atoms with Gasteiger partial charge >= 0.3 is 11.9 Å². The summed E-state index contributed by atoms with van der Waals surface area (Å²) in [6, 6.07) is 2.83. The Morgan fingerprint density at radius 3 is 2.53 bits per heavy atom. The molecule has 0 aliphatic rings. The average Bonchev–Trinajstić information content (AvgIpc) is 2.15. The van der Waals surface area contributed by atoms with Gasteiger partial charge in [0.1, 0.15) is 11.9 Å². The van der Waals surface area contributed by atoms with E-state index in [1.807, 2.05) is 0 Å². The van der Waals surface area contributed by atoms with Gasteiger partial charge in [0.2, 0.25) is 0 Å². The van der Waals surface area contributed by atoms with Crippen molar-refractivity contribution in [3.63, 3.8) is 0 Å². The van der Waals surface area contributed by atoms with E-state index in [2.05, 4.69) is 4.98 Å². The third-order valence-corrected chi connectivity index (χ3v) is 2.04. The molecule has 1 aromatic rings. The summed E-state index contributed by atoms with van der Waals surface area (Å²) in [6.07, 6.45) is -0.00164. The molecule has 17 heavy (non-hydrogen) atoms. The molecular weight excluding hydrogens is 226 g/mol. The summed E-state index contributed by atoms with van der Waals surface area (Å²) in [5.41, 5.74) is -0.822. The second-order valence-electron chi connectivity index (χ2n) is 4.39. The lowest BCUT2D eigenvalue weighted by Gasteiger charge is -2.32. The fourth-order valence-electron chi connectivity index (χ4n) is 1.46. The number of hydrogen-bond donors (Lipinski definition) is 1. The third kappa shape index (κ3) is 2.68. The van der Waals surface area contributed by atoms with Gasteiger partial charge in [0, 0.05) is 5.54 Å². The van der Waals surface area contributed by atoms with Crippen LogP contribution in [0.3, 0.4) is 0 Å². The number of amides is 1. The fourth-order valence-corrected chi connectivity index (χ4v) is 1.46. The van der Waals surface area contributed by atoms with Gasteiger partial charge in [-0.15, -0.1) is 0 Å². The average molecular weight is 239 g/mol. The summed E-state index contributed by atoms with van der Waals surface area (Å²) in [4.78, 5) is 25.8. The Kier molecular flexibility index (Phi) is 3.31. The highest BCUT2D eigenvalue weighted by atomic mass is 16.6. The van der Waals surface area contributed by atoms with E-state index < -0.39 is 22.4 Å². The Balaban J connectivity index is 3.39. The van der Waals surface area contributed by atoms with Crippen LogP contribution in [-0.4, -0.2) is 26.6 Å². The third-order valence-electron chi connectivity index (χ3n) is 2.04. The first-order valence-corrected chi connectivity index (χ1v) is 4.87. The van der Waals surface area contributed by atoms with Crippen LogP contribution < -0.4 is 4.90 Å². The van der Waals surface area contributed by atoms with Gasteiger partial charge < -0.3 is 15.2 Å². The molecule has 0 saturated carbocycles. The molecule has 0 atom stereocenters. The first-order valence-electron chi connectivity index (χ1n) is 4.87. The van der Waals surface area contributed by atoms with E-state index in [0.717, 1.165) is 4.90 Å². The molecule has 1 rings (SSSR count). The molecule has 0 bridgehead atoms. The van der Waals surface area contributed by atoms with E-state index in [-0.39, 0.29) is 5.69 Å². The van der Waals surface area contributed by atoms with Gasteiger partial charge in [-0.1, -0.05) is 0 Å². The number of nitro groups is 1. The molecule has 0 radical (unpaired) electrons. The molecule has 0 saturated heterocycles. The van der Waals surface area contributed by atoms with Gasteiger partial charge in [0.05, 0.1) is 0 Å². The number of carbonyl (C=O) groups is 1. The molecule has 7 heteroatoms. The zero-order chi connectivity index (χ0) is 13.2. The van der Waals surface area contributed by atoms with Crippen LogP contribution in [0.2, 0.25) is 0 Å². The maximum Gasteiger partial charge on any atom is 0.412 e. The molecule has 1 heterocycles. The monoisotopic (exact) mass is 239 g/mol. The Labute approximate surface area is 97.8 Å². The number of rotatable bonds is 2. The van der Waals surface area contributed by atoms with E-state index in [1.54, 1.807) is 20.8 Å². The van der Waals surface area contributed by atoms with Crippen molar-refractivity contribution in [2.24, 2.45) is 0 Å². The van der Waals surface area contributed by atoms with E-state index in [9.17, 15) is 14.9 Å². The molecule has 0 aromatic carbocycles. The SMILES string of the molecule is CC(C)(C)N(C(=O)O)c1cccnc1[N+](=O)[O-]. The van der Waals surface area contributed by atoms with Crippen molar-refractivity contribution in [1.82, 2.24) is 4.98 Å². The Morgan fingerprint density at radius 2 is 2.12 bits per heavy atom. The Morgan fingerprint density at radius 1 is 1.53 bits per heavy atom. The first-order chi connectivity index (χ1) is 7.75. The van der Waals surface area contributed by atoms with Crippen molar-refractivity contribution in [2.75, 3.05) is 4.90 Å². The summed E-state index contributed by atoms with van der Waals surface area (Å²) < 4.78 is 0. The van der Waals surface area contributed by atoms with Crippen molar-refractivity contribution in [3.05, 3.63) is 28.4 Å². The molecule has 7 nitrogen and oxygen atoms in total. The fraction of sp³-hybridized carbons (Fsp3) is 0.400. The smallest absolute Gasteiger partial charge is 0.412 e. The van der Waals surface area contributed by atoms with Crippen molar-refractivity contribution < 1.29 is 14.8 Å². The van der Waals surface area contributed by atoms with Gasteiger partial charge in [0.15, 0.2) is 0 Å². The number of aromatic nitrogens is 1. The van der Waals surface area contributed by atoms with Crippen molar-refractivity contribution >= 4 is 17.6 Å². The van der Waals surface area contributed by atoms with Crippen LogP contribution in [0.4, 0.5) is 16.3 Å². The van der Waals surface area contributed by atoms with Crippen molar-refractivity contribution in [2.45, 2.75) is 26.3 Å². The maximum absolute atomic E-state index is 11.2. The van der Waals surface area contributed by atoms with Crippen LogP contribution >= 0.6 is 0 Å². The molecule has 0 fully saturated rings. The van der Waals surface area contributed by atoms with Crippen LogP contribution in [0.25, 0.3) is 0 Å². The van der Waals surface area contributed by atoms with Gasteiger partial charge in [-0.25, -0.2) is 4.79 Å². The minimum Gasteiger partial charge on any atom is -0.465 e.